The molecule has 1 aromatic carbocycles. The first kappa shape index (κ1) is 8.10. The van der Waals surface area contributed by atoms with Crippen molar-refractivity contribution in [1.82, 2.24) is 5.32 Å². The summed E-state index contributed by atoms with van der Waals surface area (Å²) in [7, 11) is 0. The molecule has 1 atom stereocenters. The van der Waals surface area contributed by atoms with Gasteiger partial charge in [-0.1, -0.05) is 30.3 Å². The van der Waals surface area contributed by atoms with Crippen molar-refractivity contribution in [3.8, 4) is 0 Å². The molecule has 1 aliphatic rings. The molecule has 3 nitrogen and oxygen atoms in total. The number of hydrogen-bond acceptors (Lipinski definition) is 2. The average Bonchev–Trinajstić information content (AvgIpc) is 2.49. The van der Waals surface area contributed by atoms with Gasteiger partial charge >= 0.3 is 6.09 Å². The normalized spacial score (nSPS) is 26.7. The van der Waals surface area contributed by atoms with E-state index in [2.05, 4.69) is 5.32 Å². The van der Waals surface area contributed by atoms with Gasteiger partial charge in [0, 0.05) is 0 Å². The number of benzene rings is 1. The van der Waals surface area contributed by atoms with E-state index in [-0.39, 0.29) is 6.09 Å². The van der Waals surface area contributed by atoms with Gasteiger partial charge in [0.2, 0.25) is 0 Å². The van der Waals surface area contributed by atoms with E-state index in [1.807, 2.05) is 37.3 Å². The van der Waals surface area contributed by atoms with Crippen molar-refractivity contribution < 1.29 is 9.53 Å². The van der Waals surface area contributed by atoms with E-state index in [1.165, 1.54) is 0 Å². The maximum Gasteiger partial charge on any atom is 0.408 e. The first-order valence-electron chi connectivity index (χ1n) is 4.23. The van der Waals surface area contributed by atoms with E-state index < -0.39 is 5.60 Å². The summed E-state index contributed by atoms with van der Waals surface area (Å²) in [5, 5.41) is 2.65. The van der Waals surface area contributed by atoms with Crippen LogP contribution >= 0.6 is 0 Å². The fourth-order valence-electron chi connectivity index (χ4n) is 1.47. The molecule has 0 aromatic heterocycles. The number of alkyl carbamates (subject to hydrolysis) is 1. The fourth-order valence-corrected chi connectivity index (χ4v) is 1.47. The van der Waals surface area contributed by atoms with Crippen molar-refractivity contribution in [3.05, 3.63) is 35.9 Å². The van der Waals surface area contributed by atoms with Crippen LogP contribution in [0.3, 0.4) is 0 Å². The van der Waals surface area contributed by atoms with Crippen LogP contribution in [0.2, 0.25) is 0 Å². The molecular weight excluding hydrogens is 166 g/mol. The lowest BCUT2D eigenvalue weighted by Gasteiger charge is -2.20. The van der Waals surface area contributed by atoms with Crippen LogP contribution < -0.4 is 5.32 Å². The predicted molar refractivity (Wildman–Crippen MR) is 48.3 cm³/mol. The van der Waals surface area contributed by atoms with Crippen LogP contribution in [0.25, 0.3) is 0 Å². The molecule has 1 heterocycles. The Morgan fingerprint density at radius 2 is 2.08 bits per heavy atom. The van der Waals surface area contributed by atoms with Crippen LogP contribution in [0.5, 0.6) is 0 Å². The molecule has 1 saturated heterocycles. The quantitative estimate of drug-likeness (QED) is 0.708. The number of nitrogens with one attached hydrogen (secondary N) is 1. The molecule has 0 saturated carbocycles. The largest absolute Gasteiger partial charge is 0.436 e. The summed E-state index contributed by atoms with van der Waals surface area (Å²) in [6.07, 6.45) is -0.341. The summed E-state index contributed by atoms with van der Waals surface area (Å²) in [6, 6.07) is 9.73. The molecular formula is C10H11NO2. The number of hydrogen-bond donors (Lipinski definition) is 1. The zero-order valence-corrected chi connectivity index (χ0v) is 7.41. The Labute approximate surface area is 76.7 Å². The number of carbonyl (C=O) groups excluding carboxylic acids is 1. The molecule has 0 radical (unpaired) electrons. The number of cyclic esters (lactones) is 1. The standard InChI is InChI=1S/C10H11NO2/c1-10(7-11-9(12)13-10)8-5-3-2-4-6-8/h2-6H,7H2,1H3,(H,11,12)/t10-/m1/s1. The van der Waals surface area contributed by atoms with Crippen LogP contribution in [0.15, 0.2) is 30.3 Å². The molecule has 0 aliphatic carbocycles. The molecule has 1 aromatic rings. The van der Waals surface area contributed by atoms with Gasteiger partial charge in [0.15, 0.2) is 5.60 Å². The zero-order valence-electron chi connectivity index (χ0n) is 7.41. The smallest absolute Gasteiger partial charge is 0.408 e. The van der Waals surface area contributed by atoms with E-state index in [4.69, 9.17) is 4.74 Å². The second-order valence-corrected chi connectivity index (χ2v) is 3.34. The Bertz CT molecular complexity index is 323. The fraction of sp³-hybridized carbons (Fsp3) is 0.300. The minimum absolute atomic E-state index is 0.341. The van der Waals surface area contributed by atoms with Gasteiger partial charge in [0.25, 0.3) is 0 Å². The summed E-state index contributed by atoms with van der Waals surface area (Å²) in [5.74, 6) is 0. The lowest BCUT2D eigenvalue weighted by Crippen LogP contribution is -2.25. The zero-order chi connectivity index (χ0) is 9.31. The second-order valence-electron chi connectivity index (χ2n) is 3.34. The molecule has 1 N–H and O–H groups in total. The van der Waals surface area contributed by atoms with E-state index in [9.17, 15) is 4.79 Å². The lowest BCUT2D eigenvalue weighted by atomic mass is 9.97. The number of rotatable bonds is 1. The summed E-state index contributed by atoms with van der Waals surface area (Å²) in [4.78, 5) is 10.9. The Balaban J connectivity index is 2.31. The van der Waals surface area contributed by atoms with E-state index in [0.29, 0.717) is 6.54 Å². The first-order valence-corrected chi connectivity index (χ1v) is 4.23. The van der Waals surface area contributed by atoms with Crippen LogP contribution in [-0.2, 0) is 10.3 Å². The topological polar surface area (TPSA) is 38.3 Å². The highest BCUT2D eigenvalue weighted by molar-refractivity contribution is 5.70. The monoisotopic (exact) mass is 177 g/mol. The molecule has 0 bridgehead atoms. The third-order valence-electron chi connectivity index (χ3n) is 2.27. The molecule has 13 heavy (non-hydrogen) atoms. The highest BCUT2D eigenvalue weighted by Crippen LogP contribution is 2.27. The molecule has 2 rings (SSSR count). The highest BCUT2D eigenvalue weighted by Gasteiger charge is 2.36. The van der Waals surface area contributed by atoms with Gasteiger partial charge in [-0.2, -0.15) is 0 Å². The van der Waals surface area contributed by atoms with Crippen LogP contribution in [-0.4, -0.2) is 12.6 Å². The van der Waals surface area contributed by atoms with Gasteiger partial charge in [0.1, 0.15) is 0 Å². The van der Waals surface area contributed by atoms with Crippen molar-refractivity contribution in [2.24, 2.45) is 0 Å². The minimum atomic E-state index is -0.502. The van der Waals surface area contributed by atoms with Crippen molar-refractivity contribution >= 4 is 6.09 Å². The Morgan fingerprint density at radius 3 is 2.62 bits per heavy atom. The van der Waals surface area contributed by atoms with Gasteiger partial charge in [-0.05, 0) is 12.5 Å². The highest BCUT2D eigenvalue weighted by atomic mass is 16.6. The first-order chi connectivity index (χ1) is 6.21. The Kier molecular flexibility index (Phi) is 1.72. The van der Waals surface area contributed by atoms with Gasteiger partial charge in [-0.3, -0.25) is 0 Å². The van der Waals surface area contributed by atoms with E-state index >= 15 is 0 Å². The van der Waals surface area contributed by atoms with Crippen LogP contribution in [0.4, 0.5) is 4.79 Å². The molecule has 0 spiro atoms. The van der Waals surface area contributed by atoms with E-state index in [1.54, 1.807) is 0 Å². The van der Waals surface area contributed by atoms with Gasteiger partial charge in [-0.15, -0.1) is 0 Å². The van der Waals surface area contributed by atoms with Crippen molar-refractivity contribution in [3.63, 3.8) is 0 Å². The molecule has 0 unspecified atom stereocenters. The molecule has 1 aliphatic heterocycles. The third-order valence-corrected chi connectivity index (χ3v) is 2.27. The van der Waals surface area contributed by atoms with Crippen molar-refractivity contribution in [2.45, 2.75) is 12.5 Å². The average molecular weight is 177 g/mol. The van der Waals surface area contributed by atoms with Crippen molar-refractivity contribution in [2.75, 3.05) is 6.54 Å². The van der Waals surface area contributed by atoms with Crippen LogP contribution in [0, 0.1) is 0 Å². The van der Waals surface area contributed by atoms with Crippen molar-refractivity contribution in [1.29, 1.82) is 0 Å². The number of ether oxygens (including phenoxy) is 1. The van der Waals surface area contributed by atoms with Crippen LogP contribution in [0.1, 0.15) is 12.5 Å². The van der Waals surface area contributed by atoms with Gasteiger partial charge < -0.3 is 10.1 Å². The Hall–Kier alpha value is -1.51. The maximum absolute atomic E-state index is 10.9. The molecule has 3 heteroatoms. The summed E-state index contributed by atoms with van der Waals surface area (Å²) in [5.41, 5.74) is 0.520. The van der Waals surface area contributed by atoms with Gasteiger partial charge in [-0.25, -0.2) is 4.79 Å². The molecule has 1 amide bonds. The minimum Gasteiger partial charge on any atom is -0.436 e. The number of carbonyl (C=O) groups is 1. The maximum atomic E-state index is 10.9. The van der Waals surface area contributed by atoms with Gasteiger partial charge in [0.05, 0.1) is 6.54 Å². The van der Waals surface area contributed by atoms with E-state index in [0.717, 1.165) is 5.56 Å². The molecule has 68 valence electrons. The number of amides is 1. The second kappa shape index (κ2) is 2.76. The Morgan fingerprint density at radius 1 is 1.38 bits per heavy atom. The summed E-state index contributed by atoms with van der Waals surface area (Å²) >= 11 is 0. The predicted octanol–water partition coefficient (Wildman–Crippen LogP) is 1.64. The summed E-state index contributed by atoms with van der Waals surface area (Å²) in [6.45, 7) is 2.44. The lowest BCUT2D eigenvalue weighted by molar-refractivity contribution is 0.0704. The summed E-state index contributed by atoms with van der Waals surface area (Å²) < 4.78 is 5.18. The third kappa shape index (κ3) is 1.37. The molecule has 1 fully saturated rings. The SMILES string of the molecule is C[C@]1(c2ccccc2)CNC(=O)O1.